The zero-order valence-electron chi connectivity index (χ0n) is 14.3. The van der Waals surface area contributed by atoms with Gasteiger partial charge in [0.05, 0.1) is 14.2 Å². The average molecular weight is 374 g/mol. The second kappa shape index (κ2) is 7.50. The number of methoxy groups -OCH3 is 2. The third-order valence-corrected chi connectivity index (χ3v) is 3.96. The van der Waals surface area contributed by atoms with Crippen LogP contribution in [-0.4, -0.2) is 42.7 Å². The number of para-hydroxylation sites is 1. The SMILES string of the molecule is COc1cccc(OC)c1-n1c(NS(=O)[O-])nnc1-c1cc(C)ccn1. The van der Waals surface area contributed by atoms with Gasteiger partial charge in [0.2, 0.25) is 5.95 Å². The van der Waals surface area contributed by atoms with Gasteiger partial charge in [-0.2, -0.15) is 0 Å². The van der Waals surface area contributed by atoms with Gasteiger partial charge in [0.15, 0.2) is 5.82 Å². The van der Waals surface area contributed by atoms with Crippen molar-refractivity contribution in [3.63, 3.8) is 0 Å². The lowest BCUT2D eigenvalue weighted by Crippen LogP contribution is -2.11. The molecule has 1 N–H and O–H groups in total. The van der Waals surface area contributed by atoms with Crippen LogP contribution in [0.15, 0.2) is 36.5 Å². The first-order chi connectivity index (χ1) is 12.5. The van der Waals surface area contributed by atoms with E-state index in [9.17, 15) is 8.76 Å². The molecule has 0 bridgehead atoms. The zero-order chi connectivity index (χ0) is 18.7. The summed E-state index contributed by atoms with van der Waals surface area (Å²) in [6, 6.07) is 8.88. The maximum absolute atomic E-state index is 11.2. The van der Waals surface area contributed by atoms with E-state index in [0.29, 0.717) is 28.7 Å². The van der Waals surface area contributed by atoms with Gasteiger partial charge in [0, 0.05) is 17.5 Å². The van der Waals surface area contributed by atoms with E-state index in [4.69, 9.17) is 9.47 Å². The number of anilines is 1. The largest absolute Gasteiger partial charge is 0.755 e. The van der Waals surface area contributed by atoms with Gasteiger partial charge in [-0.05, 0) is 36.8 Å². The van der Waals surface area contributed by atoms with E-state index in [1.165, 1.54) is 18.8 Å². The summed E-state index contributed by atoms with van der Waals surface area (Å²) in [6.45, 7) is 1.92. The summed E-state index contributed by atoms with van der Waals surface area (Å²) >= 11 is -2.59. The van der Waals surface area contributed by atoms with Gasteiger partial charge in [0.25, 0.3) is 0 Å². The number of benzene rings is 1. The molecule has 10 heteroatoms. The van der Waals surface area contributed by atoms with Gasteiger partial charge in [-0.15, -0.1) is 10.2 Å². The number of nitrogens with zero attached hydrogens (tertiary/aromatic N) is 4. The highest BCUT2D eigenvalue weighted by Gasteiger charge is 2.23. The van der Waals surface area contributed by atoms with Crippen molar-refractivity contribution in [3.05, 3.63) is 42.1 Å². The minimum absolute atomic E-state index is 0.0144. The minimum Gasteiger partial charge on any atom is -0.755 e. The Hall–Kier alpha value is -2.98. The first-order valence-electron chi connectivity index (χ1n) is 7.51. The molecule has 2 heterocycles. The molecule has 0 saturated heterocycles. The molecule has 0 radical (unpaired) electrons. The molecule has 0 spiro atoms. The quantitative estimate of drug-likeness (QED) is 0.655. The molecule has 0 aliphatic carbocycles. The van der Waals surface area contributed by atoms with Gasteiger partial charge in [0.1, 0.15) is 22.9 Å². The molecule has 136 valence electrons. The summed E-state index contributed by atoms with van der Waals surface area (Å²) in [7, 11) is 3.01. The van der Waals surface area contributed by atoms with Crippen LogP contribution in [0, 0.1) is 6.92 Å². The Labute approximate surface area is 152 Å². The fourth-order valence-electron chi connectivity index (χ4n) is 2.51. The van der Waals surface area contributed by atoms with Crippen LogP contribution in [0.4, 0.5) is 5.95 Å². The second-order valence-electron chi connectivity index (χ2n) is 5.25. The summed E-state index contributed by atoms with van der Waals surface area (Å²) in [5.41, 5.74) is 1.95. The zero-order valence-corrected chi connectivity index (χ0v) is 15.1. The topological polar surface area (TPSA) is 114 Å². The number of ether oxygens (including phenoxy) is 2. The van der Waals surface area contributed by atoms with Crippen LogP contribution in [0.2, 0.25) is 0 Å². The highest BCUT2D eigenvalue weighted by atomic mass is 32.2. The van der Waals surface area contributed by atoms with Crippen LogP contribution >= 0.6 is 0 Å². The number of aromatic nitrogens is 4. The van der Waals surface area contributed by atoms with Crippen molar-refractivity contribution in [2.24, 2.45) is 0 Å². The first-order valence-corrected chi connectivity index (χ1v) is 8.58. The van der Waals surface area contributed by atoms with Crippen molar-refractivity contribution in [3.8, 4) is 28.7 Å². The molecule has 0 fully saturated rings. The van der Waals surface area contributed by atoms with Crippen LogP contribution in [0.5, 0.6) is 11.5 Å². The molecule has 3 rings (SSSR count). The first kappa shape index (κ1) is 17.8. The summed E-state index contributed by atoms with van der Waals surface area (Å²) in [5, 5.41) is 8.06. The van der Waals surface area contributed by atoms with Gasteiger partial charge >= 0.3 is 0 Å². The monoisotopic (exact) mass is 374 g/mol. The molecule has 2 aromatic heterocycles. The highest BCUT2D eigenvalue weighted by molar-refractivity contribution is 7.80. The van der Waals surface area contributed by atoms with Crippen molar-refractivity contribution >= 4 is 17.2 Å². The smallest absolute Gasteiger partial charge is 0.240 e. The molecule has 3 aromatic rings. The number of pyridine rings is 1. The predicted molar refractivity (Wildman–Crippen MR) is 95.0 cm³/mol. The lowest BCUT2D eigenvalue weighted by atomic mass is 10.2. The maximum atomic E-state index is 11.2. The van der Waals surface area contributed by atoms with Crippen LogP contribution in [0.25, 0.3) is 17.2 Å². The van der Waals surface area contributed by atoms with Crippen molar-refractivity contribution in [1.82, 2.24) is 19.7 Å². The molecule has 1 unspecified atom stereocenters. The van der Waals surface area contributed by atoms with Crippen molar-refractivity contribution < 1.29 is 18.2 Å². The Morgan fingerprint density at radius 3 is 2.42 bits per heavy atom. The van der Waals surface area contributed by atoms with Crippen LogP contribution < -0.4 is 14.2 Å². The predicted octanol–water partition coefficient (Wildman–Crippen LogP) is 1.86. The van der Waals surface area contributed by atoms with E-state index in [1.807, 2.05) is 19.1 Å². The molecular weight excluding hydrogens is 358 g/mol. The van der Waals surface area contributed by atoms with Crippen LogP contribution in [-0.2, 0) is 11.3 Å². The third-order valence-electron chi connectivity index (χ3n) is 3.61. The minimum atomic E-state index is -2.59. The Morgan fingerprint density at radius 1 is 1.15 bits per heavy atom. The lowest BCUT2D eigenvalue weighted by molar-refractivity contribution is 0.391. The normalized spacial score (nSPS) is 11.8. The number of nitrogens with one attached hydrogen (secondary N) is 1. The molecule has 1 atom stereocenters. The number of aryl methyl sites for hydroxylation is 1. The van der Waals surface area contributed by atoms with E-state index in [2.05, 4.69) is 19.9 Å². The maximum Gasteiger partial charge on any atom is 0.240 e. The standard InChI is InChI=1S/C16H17N5O4S/c1-10-7-8-17-11(9-10)15-18-19-16(20-26(22)23)21(15)14-12(24-2)5-4-6-13(14)25-3/h4-9H,1-3H3,(H,19,20)(H,22,23)/p-1. The number of hydrogen-bond donors (Lipinski definition) is 1. The Morgan fingerprint density at radius 2 is 1.85 bits per heavy atom. The Kier molecular flexibility index (Phi) is 5.14. The molecule has 0 amide bonds. The van der Waals surface area contributed by atoms with E-state index in [1.54, 1.807) is 24.4 Å². The van der Waals surface area contributed by atoms with Gasteiger partial charge in [-0.1, -0.05) is 6.07 Å². The summed E-state index contributed by atoms with van der Waals surface area (Å²) in [4.78, 5) is 4.31. The fraction of sp³-hybridized carbons (Fsp3) is 0.188. The van der Waals surface area contributed by atoms with Crippen LogP contribution in [0.3, 0.4) is 0 Å². The molecule has 0 saturated carbocycles. The summed E-state index contributed by atoms with van der Waals surface area (Å²) < 4.78 is 37.0. The molecule has 1 aromatic carbocycles. The molecule has 0 aliphatic heterocycles. The summed E-state index contributed by atoms with van der Waals surface area (Å²) in [5.74, 6) is 1.24. The molecule has 26 heavy (non-hydrogen) atoms. The van der Waals surface area contributed by atoms with Crippen molar-refractivity contribution in [2.45, 2.75) is 6.92 Å². The average Bonchev–Trinajstić information content (AvgIpc) is 3.03. The van der Waals surface area contributed by atoms with E-state index in [0.717, 1.165) is 5.56 Å². The van der Waals surface area contributed by atoms with Gasteiger partial charge in [-0.3, -0.25) is 18.5 Å². The van der Waals surface area contributed by atoms with E-state index < -0.39 is 11.3 Å². The molecule has 0 aliphatic rings. The van der Waals surface area contributed by atoms with Gasteiger partial charge in [-0.25, -0.2) is 0 Å². The van der Waals surface area contributed by atoms with E-state index >= 15 is 0 Å². The van der Waals surface area contributed by atoms with Crippen molar-refractivity contribution in [2.75, 3.05) is 18.9 Å². The van der Waals surface area contributed by atoms with Crippen molar-refractivity contribution in [1.29, 1.82) is 0 Å². The lowest BCUT2D eigenvalue weighted by Gasteiger charge is -2.17. The Balaban J connectivity index is 2.32. The van der Waals surface area contributed by atoms with Crippen LogP contribution in [0.1, 0.15) is 5.56 Å². The second-order valence-corrected chi connectivity index (χ2v) is 5.92. The Bertz CT molecular complexity index is 937. The molecule has 9 nitrogen and oxygen atoms in total. The fourth-order valence-corrected chi connectivity index (χ4v) is 2.79. The molecular formula is C16H16N5O4S-. The third kappa shape index (κ3) is 3.37. The number of rotatable bonds is 6. The number of hydrogen-bond acceptors (Lipinski definition) is 7. The van der Waals surface area contributed by atoms with E-state index in [-0.39, 0.29) is 5.95 Å². The highest BCUT2D eigenvalue weighted by Crippen LogP contribution is 2.37. The summed E-state index contributed by atoms with van der Waals surface area (Å²) in [6.07, 6.45) is 1.64. The van der Waals surface area contributed by atoms with Gasteiger partial charge < -0.3 is 14.0 Å².